The molecule has 0 aliphatic rings. The fourth-order valence-corrected chi connectivity index (χ4v) is 1.96. The number of rotatable bonds is 2. The molecule has 2 aromatic carbocycles. The number of nitrogens with two attached hydrogens (primary N) is 2. The lowest BCUT2D eigenvalue weighted by molar-refractivity contribution is 1.31. The van der Waals surface area contributed by atoms with Gasteiger partial charge in [-0.1, -0.05) is 24.3 Å². The Hall–Kier alpha value is -2.75. The van der Waals surface area contributed by atoms with Crippen LogP contribution in [0.3, 0.4) is 0 Å². The quantitative estimate of drug-likeness (QED) is 0.612. The molecule has 94 valence electrons. The van der Waals surface area contributed by atoms with Crippen LogP contribution in [0.5, 0.6) is 0 Å². The van der Waals surface area contributed by atoms with Gasteiger partial charge in [-0.2, -0.15) is 0 Å². The fourth-order valence-electron chi connectivity index (χ4n) is 1.96. The summed E-state index contributed by atoms with van der Waals surface area (Å²) in [7, 11) is 0. The summed E-state index contributed by atoms with van der Waals surface area (Å²) in [5.74, 6) is 0.805. The molecule has 0 bridgehead atoms. The normalized spacial score (nSPS) is 10.5. The Labute approximate surface area is 111 Å². The Morgan fingerprint density at radius 1 is 0.842 bits per heavy atom. The first-order chi connectivity index (χ1) is 9.22. The number of nitrogens with one attached hydrogen (secondary N) is 1. The van der Waals surface area contributed by atoms with Gasteiger partial charge in [0.25, 0.3) is 0 Å². The molecule has 3 rings (SSSR count). The lowest BCUT2D eigenvalue weighted by Gasteiger charge is -2.00. The number of anilines is 2. The van der Waals surface area contributed by atoms with Gasteiger partial charge in [0.15, 0.2) is 0 Å². The molecule has 0 amide bonds. The Bertz CT molecular complexity index is 698. The molecule has 1 heterocycles. The van der Waals surface area contributed by atoms with Crippen molar-refractivity contribution in [2.75, 3.05) is 11.5 Å². The second kappa shape index (κ2) is 4.49. The summed E-state index contributed by atoms with van der Waals surface area (Å²) in [6.45, 7) is 0. The average Bonchev–Trinajstić information content (AvgIpc) is 2.89. The van der Waals surface area contributed by atoms with Gasteiger partial charge >= 0.3 is 0 Å². The number of hydrogen-bond donors (Lipinski definition) is 3. The van der Waals surface area contributed by atoms with E-state index in [1.54, 1.807) is 0 Å². The molecule has 0 aliphatic carbocycles. The van der Waals surface area contributed by atoms with Crippen LogP contribution >= 0.6 is 0 Å². The van der Waals surface area contributed by atoms with E-state index >= 15 is 0 Å². The maximum atomic E-state index is 5.77. The highest BCUT2D eigenvalue weighted by molar-refractivity contribution is 5.67. The molecule has 0 unspecified atom stereocenters. The highest BCUT2D eigenvalue weighted by Gasteiger charge is 2.05. The van der Waals surface area contributed by atoms with Crippen molar-refractivity contribution in [3.05, 3.63) is 54.7 Å². The minimum atomic E-state index is 0.725. The van der Waals surface area contributed by atoms with Crippen molar-refractivity contribution in [1.29, 1.82) is 0 Å². The van der Waals surface area contributed by atoms with Gasteiger partial charge in [0.2, 0.25) is 0 Å². The summed E-state index contributed by atoms with van der Waals surface area (Å²) in [6.07, 6.45) is 1.81. The zero-order valence-corrected chi connectivity index (χ0v) is 10.3. The molecule has 0 aliphatic heterocycles. The Balaban J connectivity index is 1.97. The van der Waals surface area contributed by atoms with Crippen molar-refractivity contribution < 1.29 is 0 Å². The van der Waals surface area contributed by atoms with E-state index in [9.17, 15) is 0 Å². The molecular weight excluding hydrogens is 236 g/mol. The Morgan fingerprint density at radius 3 is 2.37 bits per heavy atom. The van der Waals surface area contributed by atoms with Crippen molar-refractivity contribution in [3.8, 4) is 22.6 Å². The van der Waals surface area contributed by atoms with Crippen LogP contribution in [-0.2, 0) is 0 Å². The molecule has 3 aromatic rings. The minimum Gasteiger partial charge on any atom is -0.399 e. The molecule has 0 fully saturated rings. The summed E-state index contributed by atoms with van der Waals surface area (Å²) >= 11 is 0. The van der Waals surface area contributed by atoms with Gasteiger partial charge in [-0.3, -0.25) is 0 Å². The minimum absolute atomic E-state index is 0.725. The van der Waals surface area contributed by atoms with Crippen molar-refractivity contribution >= 4 is 11.4 Å². The molecule has 4 heteroatoms. The van der Waals surface area contributed by atoms with E-state index < -0.39 is 0 Å². The highest BCUT2D eigenvalue weighted by atomic mass is 14.9. The Kier molecular flexibility index (Phi) is 2.68. The van der Waals surface area contributed by atoms with Gasteiger partial charge in [-0.15, -0.1) is 0 Å². The third-order valence-corrected chi connectivity index (χ3v) is 2.96. The number of aromatic amines is 1. The number of nitrogens with zero attached hydrogens (tertiary/aromatic N) is 1. The fraction of sp³-hybridized carbons (Fsp3) is 0. The van der Waals surface area contributed by atoms with Gasteiger partial charge < -0.3 is 16.5 Å². The molecule has 4 nitrogen and oxygen atoms in total. The summed E-state index contributed by atoms with van der Waals surface area (Å²) in [5.41, 5.74) is 15.9. The Morgan fingerprint density at radius 2 is 1.63 bits per heavy atom. The summed E-state index contributed by atoms with van der Waals surface area (Å²) in [5, 5.41) is 0. The molecule has 0 radical (unpaired) electrons. The largest absolute Gasteiger partial charge is 0.399 e. The zero-order chi connectivity index (χ0) is 13.2. The van der Waals surface area contributed by atoms with Gasteiger partial charge in [0, 0.05) is 16.9 Å². The van der Waals surface area contributed by atoms with Crippen LogP contribution in [0.1, 0.15) is 0 Å². The molecule has 19 heavy (non-hydrogen) atoms. The summed E-state index contributed by atoms with van der Waals surface area (Å²) < 4.78 is 0. The van der Waals surface area contributed by atoms with Gasteiger partial charge in [-0.05, 0) is 29.8 Å². The topological polar surface area (TPSA) is 80.7 Å². The number of imidazole rings is 1. The van der Waals surface area contributed by atoms with Gasteiger partial charge in [0.05, 0.1) is 11.9 Å². The first kappa shape index (κ1) is 11.3. The van der Waals surface area contributed by atoms with E-state index in [4.69, 9.17) is 11.5 Å². The summed E-state index contributed by atoms with van der Waals surface area (Å²) in [6, 6.07) is 15.3. The maximum Gasteiger partial charge on any atom is 0.137 e. The van der Waals surface area contributed by atoms with E-state index in [0.717, 1.165) is 34.0 Å². The number of hydrogen-bond acceptors (Lipinski definition) is 3. The van der Waals surface area contributed by atoms with Crippen molar-refractivity contribution in [2.24, 2.45) is 0 Å². The molecule has 0 atom stereocenters. The predicted molar refractivity (Wildman–Crippen MR) is 78.3 cm³/mol. The summed E-state index contributed by atoms with van der Waals surface area (Å²) in [4.78, 5) is 7.67. The van der Waals surface area contributed by atoms with Crippen LogP contribution in [0.2, 0.25) is 0 Å². The number of aromatic nitrogens is 2. The third kappa shape index (κ3) is 2.28. The molecule has 0 saturated carbocycles. The maximum absolute atomic E-state index is 5.77. The van der Waals surface area contributed by atoms with Crippen LogP contribution in [0, 0.1) is 0 Å². The standard InChI is InChI=1S/C15H14N4/c16-12-6-4-10(5-7-12)14-9-18-15(19-14)11-2-1-3-13(17)8-11/h1-9H,16-17H2,(H,18,19). The van der Waals surface area contributed by atoms with Crippen LogP contribution in [0.25, 0.3) is 22.6 Å². The number of H-pyrrole nitrogens is 1. The van der Waals surface area contributed by atoms with E-state index in [-0.39, 0.29) is 0 Å². The number of benzene rings is 2. The molecule has 1 aromatic heterocycles. The zero-order valence-electron chi connectivity index (χ0n) is 10.3. The number of nitrogen functional groups attached to an aromatic ring is 2. The molecule has 0 saturated heterocycles. The van der Waals surface area contributed by atoms with Crippen molar-refractivity contribution in [3.63, 3.8) is 0 Å². The lowest BCUT2D eigenvalue weighted by atomic mass is 10.1. The van der Waals surface area contributed by atoms with E-state index in [0.29, 0.717) is 0 Å². The highest BCUT2D eigenvalue weighted by Crippen LogP contribution is 2.23. The van der Waals surface area contributed by atoms with Crippen LogP contribution < -0.4 is 11.5 Å². The predicted octanol–water partition coefficient (Wildman–Crippen LogP) is 2.91. The average molecular weight is 250 g/mol. The van der Waals surface area contributed by atoms with Crippen LogP contribution in [0.15, 0.2) is 54.7 Å². The molecular formula is C15H14N4. The van der Waals surface area contributed by atoms with Crippen molar-refractivity contribution in [1.82, 2.24) is 9.97 Å². The van der Waals surface area contributed by atoms with Crippen molar-refractivity contribution in [2.45, 2.75) is 0 Å². The van der Waals surface area contributed by atoms with Crippen LogP contribution in [0.4, 0.5) is 11.4 Å². The molecule has 0 spiro atoms. The van der Waals surface area contributed by atoms with Crippen LogP contribution in [-0.4, -0.2) is 9.97 Å². The smallest absolute Gasteiger partial charge is 0.137 e. The lowest BCUT2D eigenvalue weighted by Crippen LogP contribution is -1.86. The third-order valence-electron chi connectivity index (χ3n) is 2.96. The van der Waals surface area contributed by atoms with E-state index in [1.807, 2.05) is 54.7 Å². The molecule has 5 N–H and O–H groups in total. The van der Waals surface area contributed by atoms with Gasteiger partial charge in [0.1, 0.15) is 5.82 Å². The SMILES string of the molecule is Nc1ccc(-c2cnc(-c3cccc(N)c3)[nH]2)cc1. The first-order valence-electron chi connectivity index (χ1n) is 5.99. The van der Waals surface area contributed by atoms with E-state index in [2.05, 4.69) is 9.97 Å². The monoisotopic (exact) mass is 250 g/mol. The second-order valence-corrected chi connectivity index (χ2v) is 4.39. The second-order valence-electron chi connectivity index (χ2n) is 4.39. The first-order valence-corrected chi connectivity index (χ1v) is 5.99. The van der Waals surface area contributed by atoms with E-state index in [1.165, 1.54) is 0 Å². The van der Waals surface area contributed by atoms with Gasteiger partial charge in [-0.25, -0.2) is 4.98 Å².